The van der Waals surface area contributed by atoms with Gasteiger partial charge in [-0.15, -0.1) is 0 Å². The number of hydrogen-bond acceptors (Lipinski definition) is 4. The second-order valence-electron chi connectivity index (χ2n) is 3.78. The Labute approximate surface area is 94.5 Å². The van der Waals surface area contributed by atoms with Crippen LogP contribution in [0.15, 0.2) is 0 Å². The van der Waals surface area contributed by atoms with Crippen molar-refractivity contribution in [1.82, 2.24) is 4.31 Å². The van der Waals surface area contributed by atoms with Crippen LogP contribution in [0.3, 0.4) is 0 Å². The standard InChI is InChI=1S/C9H14N2O4S/c1-2-9(8(12)13)4-3-6-11(9)16(14,15)7-5-10/h2-4,6-7H2,1H3,(H,12,13). The van der Waals surface area contributed by atoms with Crippen LogP contribution in [-0.4, -0.2) is 41.6 Å². The highest BCUT2D eigenvalue weighted by Crippen LogP contribution is 2.35. The van der Waals surface area contributed by atoms with Gasteiger partial charge in [-0.2, -0.15) is 9.57 Å². The molecule has 1 fully saturated rings. The van der Waals surface area contributed by atoms with E-state index in [-0.39, 0.29) is 13.0 Å². The lowest BCUT2D eigenvalue weighted by atomic mass is 9.95. The van der Waals surface area contributed by atoms with E-state index in [0.29, 0.717) is 12.8 Å². The number of aliphatic carboxylic acids is 1. The lowest BCUT2D eigenvalue weighted by Crippen LogP contribution is -2.53. The largest absolute Gasteiger partial charge is 0.480 e. The maximum absolute atomic E-state index is 11.8. The molecule has 0 aromatic heterocycles. The highest BCUT2D eigenvalue weighted by Gasteiger charge is 2.51. The summed E-state index contributed by atoms with van der Waals surface area (Å²) in [7, 11) is -3.78. The van der Waals surface area contributed by atoms with E-state index in [1.165, 1.54) is 0 Å². The Morgan fingerprint density at radius 3 is 2.69 bits per heavy atom. The first kappa shape index (κ1) is 12.9. The molecular weight excluding hydrogens is 232 g/mol. The van der Waals surface area contributed by atoms with Crippen molar-refractivity contribution in [2.24, 2.45) is 0 Å². The molecule has 90 valence electrons. The summed E-state index contributed by atoms with van der Waals surface area (Å²) in [6, 6.07) is 1.56. The van der Waals surface area contributed by atoms with Crippen molar-refractivity contribution in [2.75, 3.05) is 12.3 Å². The second kappa shape index (κ2) is 4.39. The molecule has 0 aliphatic carbocycles. The first-order valence-electron chi connectivity index (χ1n) is 5.01. The number of nitriles is 1. The Balaban J connectivity index is 3.14. The zero-order valence-corrected chi connectivity index (χ0v) is 9.83. The highest BCUT2D eigenvalue weighted by atomic mass is 32.2. The number of carboxylic acids is 1. The van der Waals surface area contributed by atoms with E-state index in [9.17, 15) is 18.3 Å². The Morgan fingerprint density at radius 1 is 1.62 bits per heavy atom. The van der Waals surface area contributed by atoms with Crippen LogP contribution in [0, 0.1) is 11.3 Å². The fourth-order valence-electron chi connectivity index (χ4n) is 2.14. The van der Waals surface area contributed by atoms with E-state index in [4.69, 9.17) is 5.26 Å². The van der Waals surface area contributed by atoms with Gasteiger partial charge in [0.2, 0.25) is 10.0 Å². The molecular formula is C9H14N2O4S. The summed E-state index contributed by atoms with van der Waals surface area (Å²) in [5, 5.41) is 17.6. The van der Waals surface area contributed by atoms with Crippen LogP contribution in [0.25, 0.3) is 0 Å². The van der Waals surface area contributed by atoms with Crippen LogP contribution in [-0.2, 0) is 14.8 Å². The fourth-order valence-corrected chi connectivity index (χ4v) is 3.69. The predicted molar refractivity (Wildman–Crippen MR) is 56.0 cm³/mol. The number of nitrogens with zero attached hydrogens (tertiary/aromatic N) is 2. The molecule has 0 radical (unpaired) electrons. The summed E-state index contributed by atoms with van der Waals surface area (Å²) >= 11 is 0. The molecule has 1 atom stereocenters. The average molecular weight is 246 g/mol. The molecule has 0 aromatic rings. The van der Waals surface area contributed by atoms with Crippen molar-refractivity contribution in [2.45, 2.75) is 31.7 Å². The number of sulfonamides is 1. The normalized spacial score (nSPS) is 26.5. The van der Waals surface area contributed by atoms with Crippen LogP contribution in [0.1, 0.15) is 26.2 Å². The van der Waals surface area contributed by atoms with Crippen molar-refractivity contribution in [3.63, 3.8) is 0 Å². The maximum atomic E-state index is 11.8. The third-order valence-electron chi connectivity index (χ3n) is 2.99. The minimum Gasteiger partial charge on any atom is -0.480 e. The van der Waals surface area contributed by atoms with Gasteiger partial charge in [0.15, 0.2) is 5.75 Å². The van der Waals surface area contributed by atoms with Crippen LogP contribution in [0.4, 0.5) is 0 Å². The number of rotatable bonds is 4. The van der Waals surface area contributed by atoms with Crippen molar-refractivity contribution in [1.29, 1.82) is 5.26 Å². The summed E-state index contributed by atoms with van der Waals surface area (Å²) in [5.41, 5.74) is -1.35. The van der Waals surface area contributed by atoms with Crippen LogP contribution < -0.4 is 0 Å². The molecule has 1 aliphatic heterocycles. The second-order valence-corrected chi connectivity index (χ2v) is 5.67. The lowest BCUT2D eigenvalue weighted by Gasteiger charge is -2.32. The molecule has 1 rings (SSSR count). The molecule has 0 saturated carbocycles. The van der Waals surface area contributed by atoms with Crippen molar-refractivity contribution in [3.05, 3.63) is 0 Å². The van der Waals surface area contributed by atoms with Crippen molar-refractivity contribution >= 4 is 16.0 Å². The van der Waals surface area contributed by atoms with E-state index in [1.54, 1.807) is 13.0 Å². The topological polar surface area (TPSA) is 98.5 Å². The molecule has 6 nitrogen and oxygen atoms in total. The van der Waals surface area contributed by atoms with Crippen LogP contribution in [0.5, 0.6) is 0 Å². The Bertz CT molecular complexity index is 425. The molecule has 7 heteroatoms. The van der Waals surface area contributed by atoms with E-state index in [0.717, 1.165) is 4.31 Å². The number of hydrogen-bond donors (Lipinski definition) is 1. The maximum Gasteiger partial charge on any atom is 0.325 e. The molecule has 1 saturated heterocycles. The highest BCUT2D eigenvalue weighted by molar-refractivity contribution is 7.89. The van der Waals surface area contributed by atoms with Gasteiger partial charge in [-0.1, -0.05) is 6.92 Å². The van der Waals surface area contributed by atoms with Crippen LogP contribution >= 0.6 is 0 Å². The van der Waals surface area contributed by atoms with Gasteiger partial charge in [-0.25, -0.2) is 8.42 Å². The molecule has 16 heavy (non-hydrogen) atoms. The van der Waals surface area contributed by atoms with Gasteiger partial charge >= 0.3 is 5.97 Å². The minimum absolute atomic E-state index is 0.185. The first-order valence-corrected chi connectivity index (χ1v) is 6.62. The van der Waals surface area contributed by atoms with Gasteiger partial charge in [0.1, 0.15) is 5.54 Å². The molecule has 1 N–H and O–H groups in total. The van der Waals surface area contributed by atoms with Gasteiger partial charge < -0.3 is 5.11 Å². The van der Waals surface area contributed by atoms with Gasteiger partial charge in [0.25, 0.3) is 0 Å². The average Bonchev–Trinajstić information content (AvgIpc) is 2.62. The van der Waals surface area contributed by atoms with E-state index >= 15 is 0 Å². The summed E-state index contributed by atoms with van der Waals surface area (Å²) < 4.78 is 24.5. The van der Waals surface area contributed by atoms with E-state index in [2.05, 4.69) is 0 Å². The SMILES string of the molecule is CCC1(C(=O)O)CCCN1S(=O)(=O)CC#N. The zero-order chi connectivity index (χ0) is 12.4. The summed E-state index contributed by atoms with van der Waals surface area (Å²) in [6.07, 6.45) is 1.04. The van der Waals surface area contributed by atoms with Gasteiger partial charge in [0.05, 0.1) is 6.07 Å². The third kappa shape index (κ3) is 1.90. The minimum atomic E-state index is -3.78. The fraction of sp³-hybridized carbons (Fsp3) is 0.778. The van der Waals surface area contributed by atoms with E-state index < -0.39 is 27.3 Å². The van der Waals surface area contributed by atoms with Crippen molar-refractivity contribution in [3.8, 4) is 6.07 Å². The molecule has 0 amide bonds. The molecule has 0 aromatic carbocycles. The Morgan fingerprint density at radius 2 is 2.25 bits per heavy atom. The monoisotopic (exact) mass is 246 g/mol. The summed E-state index contributed by atoms with van der Waals surface area (Å²) in [4.78, 5) is 11.2. The van der Waals surface area contributed by atoms with Crippen molar-refractivity contribution < 1.29 is 18.3 Å². The van der Waals surface area contributed by atoms with Gasteiger partial charge in [-0.3, -0.25) is 4.79 Å². The first-order chi connectivity index (χ1) is 7.40. The zero-order valence-electron chi connectivity index (χ0n) is 9.01. The number of carboxylic acid groups (broad SMARTS) is 1. The predicted octanol–water partition coefficient (Wildman–Crippen LogP) is 0.169. The molecule has 0 spiro atoms. The Hall–Kier alpha value is -1.13. The summed E-state index contributed by atoms with van der Waals surface area (Å²) in [6.45, 7) is 1.83. The van der Waals surface area contributed by atoms with Crippen LogP contribution in [0.2, 0.25) is 0 Å². The van der Waals surface area contributed by atoms with Gasteiger partial charge in [-0.05, 0) is 19.3 Å². The smallest absolute Gasteiger partial charge is 0.325 e. The third-order valence-corrected chi connectivity index (χ3v) is 4.69. The molecule has 1 heterocycles. The van der Waals surface area contributed by atoms with Gasteiger partial charge in [0, 0.05) is 6.54 Å². The molecule has 1 unspecified atom stereocenters. The quantitative estimate of drug-likeness (QED) is 0.762. The molecule has 0 bridgehead atoms. The van der Waals surface area contributed by atoms with E-state index in [1.807, 2.05) is 0 Å². The Kier molecular flexibility index (Phi) is 3.55. The lowest BCUT2D eigenvalue weighted by molar-refractivity contribution is -0.147. The summed E-state index contributed by atoms with van der Waals surface area (Å²) in [5.74, 6) is -1.80. The molecule has 1 aliphatic rings. The number of carbonyl (C=O) groups is 1.